The van der Waals surface area contributed by atoms with Gasteiger partial charge in [0.25, 0.3) is 0 Å². The molecule has 3 aliphatic heterocycles. The highest BCUT2D eigenvalue weighted by molar-refractivity contribution is 5.91. The lowest BCUT2D eigenvalue weighted by Gasteiger charge is -2.60. The molecule has 1 aromatic heterocycles. The molecule has 2 aromatic rings. The third kappa shape index (κ3) is 2.10. The lowest BCUT2D eigenvalue weighted by atomic mass is 9.55. The number of nitrogens with zero attached hydrogens (tertiary/aromatic N) is 1. The Kier molecular flexibility index (Phi) is 3.89. The lowest BCUT2D eigenvalue weighted by molar-refractivity contribution is -0.180. The predicted octanol–water partition coefficient (Wildman–Crippen LogP) is 2.88. The second-order valence-electron chi connectivity index (χ2n) is 8.41. The first-order valence-corrected chi connectivity index (χ1v) is 10.1. The molecule has 0 spiro atoms. The van der Waals surface area contributed by atoms with E-state index in [9.17, 15) is 4.79 Å². The van der Waals surface area contributed by atoms with Crippen molar-refractivity contribution in [2.45, 2.75) is 43.7 Å². The SMILES string of the molecule is CC[C@H]1C(OC)[C@H]2CN3CCc4c([nH]c5ccccc45)[C@@](C(=O)OC)(C2)[C@H]13. The zero-order valence-electron chi connectivity index (χ0n) is 16.3. The van der Waals surface area contributed by atoms with Crippen LogP contribution in [0.3, 0.4) is 0 Å². The maximum absolute atomic E-state index is 13.4. The summed E-state index contributed by atoms with van der Waals surface area (Å²) < 4.78 is 11.4. The summed E-state index contributed by atoms with van der Waals surface area (Å²) in [6.07, 6.45) is 3.00. The number of ether oxygens (including phenoxy) is 2. The largest absolute Gasteiger partial charge is 0.468 e. The second kappa shape index (κ2) is 6.08. The molecule has 1 aliphatic carbocycles. The minimum Gasteiger partial charge on any atom is -0.468 e. The number of fused-ring (bicyclic) bond motifs is 4. The van der Waals surface area contributed by atoms with E-state index in [0.29, 0.717) is 11.8 Å². The molecule has 4 bridgehead atoms. The van der Waals surface area contributed by atoms with Crippen molar-refractivity contribution in [2.75, 3.05) is 27.3 Å². The zero-order chi connectivity index (χ0) is 18.8. The first kappa shape index (κ1) is 17.3. The minimum absolute atomic E-state index is 0.0927. The average Bonchev–Trinajstić information content (AvgIpc) is 3.05. The third-order valence-corrected chi connectivity index (χ3v) is 7.45. The summed E-state index contributed by atoms with van der Waals surface area (Å²) in [5.41, 5.74) is 2.89. The summed E-state index contributed by atoms with van der Waals surface area (Å²) in [4.78, 5) is 19.6. The fourth-order valence-corrected chi connectivity index (χ4v) is 6.60. The van der Waals surface area contributed by atoms with Crippen molar-refractivity contribution < 1.29 is 14.3 Å². The van der Waals surface area contributed by atoms with Crippen LogP contribution in [0.4, 0.5) is 0 Å². The van der Waals surface area contributed by atoms with Gasteiger partial charge in [-0.2, -0.15) is 0 Å². The number of rotatable bonds is 3. The zero-order valence-corrected chi connectivity index (χ0v) is 16.3. The highest BCUT2D eigenvalue weighted by Gasteiger charge is 2.65. The van der Waals surface area contributed by atoms with Crippen LogP contribution < -0.4 is 0 Å². The number of hydrogen-bond donors (Lipinski definition) is 1. The molecule has 4 aliphatic rings. The van der Waals surface area contributed by atoms with Crippen LogP contribution in [-0.4, -0.2) is 55.3 Å². The fourth-order valence-electron chi connectivity index (χ4n) is 6.60. The van der Waals surface area contributed by atoms with Crippen molar-refractivity contribution in [1.82, 2.24) is 9.88 Å². The number of benzene rings is 1. The van der Waals surface area contributed by atoms with Crippen LogP contribution in [0.25, 0.3) is 10.9 Å². The summed E-state index contributed by atoms with van der Waals surface area (Å²) in [6, 6.07) is 8.55. The molecule has 1 aromatic carbocycles. The number of carbonyl (C=O) groups excluding carboxylic acids is 1. The molecule has 5 heteroatoms. The van der Waals surface area contributed by atoms with Crippen LogP contribution in [0, 0.1) is 11.8 Å². The summed E-state index contributed by atoms with van der Waals surface area (Å²) >= 11 is 0. The molecule has 2 unspecified atom stereocenters. The van der Waals surface area contributed by atoms with E-state index in [1.54, 1.807) is 0 Å². The predicted molar refractivity (Wildman–Crippen MR) is 104 cm³/mol. The van der Waals surface area contributed by atoms with Gasteiger partial charge in [-0.3, -0.25) is 9.69 Å². The highest BCUT2D eigenvalue weighted by Crippen LogP contribution is 2.56. The Bertz CT molecular complexity index is 891. The van der Waals surface area contributed by atoms with Gasteiger partial charge in [0.15, 0.2) is 0 Å². The topological polar surface area (TPSA) is 54.6 Å². The monoisotopic (exact) mass is 368 g/mol. The van der Waals surface area contributed by atoms with Crippen molar-refractivity contribution in [3.8, 4) is 0 Å². The van der Waals surface area contributed by atoms with Crippen molar-refractivity contribution >= 4 is 16.9 Å². The molecule has 27 heavy (non-hydrogen) atoms. The van der Waals surface area contributed by atoms with Crippen molar-refractivity contribution in [3.05, 3.63) is 35.5 Å². The molecule has 5 nitrogen and oxygen atoms in total. The van der Waals surface area contributed by atoms with E-state index in [1.165, 1.54) is 18.1 Å². The van der Waals surface area contributed by atoms with E-state index in [2.05, 4.69) is 41.1 Å². The van der Waals surface area contributed by atoms with E-state index in [4.69, 9.17) is 9.47 Å². The first-order valence-electron chi connectivity index (χ1n) is 10.1. The molecular formula is C22H28N2O3. The van der Waals surface area contributed by atoms with E-state index in [0.717, 1.165) is 43.6 Å². The average molecular weight is 368 g/mol. The molecule has 1 saturated carbocycles. The van der Waals surface area contributed by atoms with Crippen molar-refractivity contribution in [3.63, 3.8) is 0 Å². The molecule has 6 atom stereocenters. The third-order valence-electron chi connectivity index (χ3n) is 7.45. The van der Waals surface area contributed by atoms with E-state index in [1.807, 2.05) is 7.11 Å². The number of carbonyl (C=O) groups is 1. The van der Waals surface area contributed by atoms with E-state index < -0.39 is 5.41 Å². The molecule has 144 valence electrons. The Hall–Kier alpha value is -1.85. The number of aromatic nitrogens is 1. The van der Waals surface area contributed by atoms with Gasteiger partial charge in [0.1, 0.15) is 5.41 Å². The van der Waals surface area contributed by atoms with E-state index >= 15 is 0 Å². The molecule has 0 amide bonds. The maximum atomic E-state index is 13.4. The van der Waals surface area contributed by atoms with Gasteiger partial charge in [-0.15, -0.1) is 0 Å². The Labute approximate surface area is 160 Å². The van der Waals surface area contributed by atoms with Gasteiger partial charge < -0.3 is 14.5 Å². The van der Waals surface area contributed by atoms with Crippen LogP contribution in [0.2, 0.25) is 0 Å². The Morgan fingerprint density at radius 2 is 2.15 bits per heavy atom. The second-order valence-corrected chi connectivity index (χ2v) is 8.41. The number of hydrogen-bond acceptors (Lipinski definition) is 4. The van der Waals surface area contributed by atoms with Crippen molar-refractivity contribution in [2.24, 2.45) is 11.8 Å². The van der Waals surface area contributed by atoms with Crippen LogP contribution >= 0.6 is 0 Å². The van der Waals surface area contributed by atoms with Crippen molar-refractivity contribution in [1.29, 1.82) is 0 Å². The Morgan fingerprint density at radius 3 is 2.89 bits per heavy atom. The fraction of sp³-hybridized carbons (Fsp3) is 0.591. The summed E-state index contributed by atoms with van der Waals surface area (Å²) in [6.45, 7) is 4.23. The van der Waals surface area contributed by atoms with Crippen LogP contribution in [0.1, 0.15) is 31.0 Å². The Balaban J connectivity index is 1.79. The number of para-hydroxylation sites is 1. The first-order chi connectivity index (χ1) is 13.2. The number of esters is 1. The number of piperidine rings is 2. The van der Waals surface area contributed by atoms with Gasteiger partial charge in [0.2, 0.25) is 0 Å². The van der Waals surface area contributed by atoms with Gasteiger partial charge in [0.05, 0.1) is 13.2 Å². The van der Waals surface area contributed by atoms with Crippen LogP contribution in [0.15, 0.2) is 24.3 Å². The van der Waals surface area contributed by atoms with Gasteiger partial charge in [-0.25, -0.2) is 0 Å². The van der Waals surface area contributed by atoms with Gasteiger partial charge in [-0.05, 0) is 36.8 Å². The molecule has 4 heterocycles. The summed E-state index contributed by atoms with van der Waals surface area (Å²) in [7, 11) is 3.36. The molecule has 0 radical (unpaired) electrons. The summed E-state index contributed by atoms with van der Waals surface area (Å²) in [5, 5.41) is 1.25. The van der Waals surface area contributed by atoms with Crippen LogP contribution in [0.5, 0.6) is 0 Å². The minimum atomic E-state index is -0.627. The molecule has 3 fully saturated rings. The number of methoxy groups -OCH3 is 2. The maximum Gasteiger partial charge on any atom is 0.319 e. The lowest BCUT2D eigenvalue weighted by Crippen LogP contribution is -2.71. The quantitative estimate of drug-likeness (QED) is 0.847. The van der Waals surface area contributed by atoms with E-state index in [-0.39, 0.29) is 18.1 Å². The smallest absolute Gasteiger partial charge is 0.319 e. The highest BCUT2D eigenvalue weighted by atomic mass is 16.5. The number of aromatic amines is 1. The molecule has 1 N–H and O–H groups in total. The van der Waals surface area contributed by atoms with Gasteiger partial charge >= 0.3 is 5.97 Å². The molecular weight excluding hydrogens is 340 g/mol. The van der Waals surface area contributed by atoms with Gasteiger partial charge in [-0.1, -0.05) is 25.1 Å². The summed E-state index contributed by atoms with van der Waals surface area (Å²) in [5.74, 6) is 0.588. The molecule has 6 rings (SSSR count). The standard InChI is InChI=1S/C22H28N2O3/c1-4-14-18(26-2)13-11-22(21(25)27-3)19-16(9-10-24(12-13)20(14)22)15-7-5-6-8-17(15)23-19/h5-8,13-14,18,20,23H,4,9-12H2,1-3H3/t13-,14+,18?,20+,22+/m1/s1. The number of H-pyrrole nitrogens is 1. The molecule has 2 saturated heterocycles. The normalized spacial score (nSPS) is 37.1. The number of nitrogens with one attached hydrogen (secondary N) is 1. The van der Waals surface area contributed by atoms with Crippen LogP contribution in [-0.2, 0) is 26.1 Å². The van der Waals surface area contributed by atoms with Gasteiger partial charge in [0, 0.05) is 48.8 Å². The Morgan fingerprint density at radius 1 is 1.33 bits per heavy atom.